The van der Waals surface area contributed by atoms with Crippen LogP contribution in [0.2, 0.25) is 0 Å². The van der Waals surface area contributed by atoms with Crippen molar-refractivity contribution >= 4 is 23.0 Å². The van der Waals surface area contributed by atoms with Gasteiger partial charge in [0.2, 0.25) is 0 Å². The molecule has 3 heteroatoms. The number of hydrogen-bond acceptors (Lipinski definition) is 3. The molecule has 1 aliphatic rings. The first-order valence-corrected chi connectivity index (χ1v) is 11.5. The monoisotopic (exact) mass is 423 g/mol. The topological polar surface area (TPSA) is 50.1 Å². The van der Waals surface area contributed by atoms with Gasteiger partial charge < -0.3 is 16.4 Å². The second kappa shape index (κ2) is 10.3. The summed E-state index contributed by atoms with van der Waals surface area (Å²) in [5, 5.41) is 7.05. The highest BCUT2D eigenvalue weighted by molar-refractivity contribution is 5.89. The van der Waals surface area contributed by atoms with Gasteiger partial charge in [-0.05, 0) is 64.8 Å². The zero-order valence-electron chi connectivity index (χ0n) is 18.9. The summed E-state index contributed by atoms with van der Waals surface area (Å²) in [5.74, 6) is 0.684. The van der Waals surface area contributed by atoms with Crippen LogP contribution in [0.4, 0.5) is 11.4 Å². The van der Waals surface area contributed by atoms with Crippen molar-refractivity contribution in [3.8, 4) is 0 Å². The average molecular weight is 424 g/mol. The summed E-state index contributed by atoms with van der Waals surface area (Å²) >= 11 is 0. The van der Waals surface area contributed by atoms with Crippen LogP contribution in [0.15, 0.2) is 91.0 Å². The van der Waals surface area contributed by atoms with Gasteiger partial charge in [0.1, 0.15) is 6.17 Å². The minimum Gasteiger partial charge on any atom is -0.385 e. The molecule has 1 heterocycles. The largest absolute Gasteiger partial charge is 0.385 e. The predicted octanol–water partition coefficient (Wildman–Crippen LogP) is 6.56. The van der Waals surface area contributed by atoms with Gasteiger partial charge in [-0.1, -0.05) is 86.7 Å². The summed E-state index contributed by atoms with van der Waals surface area (Å²) in [6.07, 6.45) is 5.36. The molecule has 0 bridgehead atoms. The van der Waals surface area contributed by atoms with Gasteiger partial charge in [0.05, 0.1) is 0 Å². The summed E-state index contributed by atoms with van der Waals surface area (Å²) in [6.45, 7) is 7.53. The van der Waals surface area contributed by atoms with E-state index >= 15 is 0 Å². The fraction of sp³-hybridized carbons (Fsp3) is 0.241. The summed E-state index contributed by atoms with van der Waals surface area (Å²) in [5.41, 5.74) is 14.3. The average Bonchev–Trinajstić information content (AvgIpc) is 2.83. The Hall–Kier alpha value is -3.30. The van der Waals surface area contributed by atoms with Gasteiger partial charge in [-0.2, -0.15) is 0 Å². The van der Waals surface area contributed by atoms with Gasteiger partial charge >= 0.3 is 0 Å². The Morgan fingerprint density at radius 2 is 1.75 bits per heavy atom. The molecular formula is C29H33N3. The fourth-order valence-electron chi connectivity index (χ4n) is 4.32. The maximum absolute atomic E-state index is 6.45. The smallest absolute Gasteiger partial charge is 0.101 e. The molecule has 1 aliphatic heterocycles. The molecule has 2 unspecified atom stereocenters. The Morgan fingerprint density at radius 1 is 1.03 bits per heavy atom. The molecule has 4 rings (SSSR count). The molecule has 0 saturated heterocycles. The van der Waals surface area contributed by atoms with E-state index in [0.717, 1.165) is 53.0 Å². The maximum Gasteiger partial charge on any atom is 0.101 e. The van der Waals surface area contributed by atoms with Crippen LogP contribution in [0.5, 0.6) is 0 Å². The molecule has 2 atom stereocenters. The normalized spacial score (nSPS) is 15.8. The molecule has 3 aromatic rings. The Kier molecular flexibility index (Phi) is 7.08. The second-order valence-electron chi connectivity index (χ2n) is 8.55. The SMILES string of the molecule is C=C(C1=Cc2ccc(NCCC(CC)Cc3ccccc3)cc2NC1N)c1ccccc1. The van der Waals surface area contributed by atoms with E-state index in [-0.39, 0.29) is 6.17 Å². The Labute approximate surface area is 192 Å². The van der Waals surface area contributed by atoms with Crippen LogP contribution in [0.3, 0.4) is 0 Å². The van der Waals surface area contributed by atoms with Crippen LogP contribution in [0.1, 0.15) is 36.5 Å². The van der Waals surface area contributed by atoms with Crippen LogP contribution in [0, 0.1) is 5.92 Å². The van der Waals surface area contributed by atoms with E-state index in [1.165, 1.54) is 12.0 Å². The van der Waals surface area contributed by atoms with Crippen molar-refractivity contribution in [2.45, 2.75) is 32.4 Å². The highest BCUT2D eigenvalue weighted by Crippen LogP contribution is 2.34. The number of benzene rings is 3. The van der Waals surface area contributed by atoms with E-state index < -0.39 is 0 Å². The number of fused-ring (bicyclic) bond motifs is 1. The minimum absolute atomic E-state index is 0.277. The predicted molar refractivity (Wildman–Crippen MR) is 139 cm³/mol. The van der Waals surface area contributed by atoms with Crippen molar-refractivity contribution in [1.29, 1.82) is 0 Å². The van der Waals surface area contributed by atoms with Crippen molar-refractivity contribution in [3.05, 3.63) is 108 Å². The number of hydrogen-bond donors (Lipinski definition) is 3. The molecule has 0 aromatic heterocycles. The van der Waals surface area contributed by atoms with Gasteiger partial charge in [0.15, 0.2) is 0 Å². The van der Waals surface area contributed by atoms with E-state index in [2.05, 4.69) is 90.9 Å². The third kappa shape index (κ3) is 5.30. The van der Waals surface area contributed by atoms with Crippen molar-refractivity contribution in [1.82, 2.24) is 0 Å². The molecular weight excluding hydrogens is 390 g/mol. The molecule has 0 saturated carbocycles. The molecule has 3 nitrogen and oxygen atoms in total. The van der Waals surface area contributed by atoms with Crippen molar-refractivity contribution in [3.63, 3.8) is 0 Å². The maximum atomic E-state index is 6.45. The van der Waals surface area contributed by atoms with Crippen molar-refractivity contribution < 1.29 is 0 Å². The lowest BCUT2D eigenvalue weighted by molar-refractivity contribution is 0.481. The zero-order chi connectivity index (χ0) is 22.3. The lowest BCUT2D eigenvalue weighted by Crippen LogP contribution is -2.34. The van der Waals surface area contributed by atoms with Crippen LogP contribution in [-0.2, 0) is 6.42 Å². The first kappa shape index (κ1) is 21.9. The summed E-state index contributed by atoms with van der Waals surface area (Å²) in [6, 6.07) is 27.4. The van der Waals surface area contributed by atoms with Gasteiger partial charge in [-0.25, -0.2) is 0 Å². The molecule has 0 spiro atoms. The van der Waals surface area contributed by atoms with Gasteiger partial charge in [-0.15, -0.1) is 0 Å². The Balaban J connectivity index is 1.38. The van der Waals surface area contributed by atoms with E-state index in [1.807, 2.05) is 18.2 Å². The Bertz CT molecular complexity index is 1070. The van der Waals surface area contributed by atoms with E-state index in [4.69, 9.17) is 5.73 Å². The van der Waals surface area contributed by atoms with E-state index in [1.54, 1.807) is 0 Å². The van der Waals surface area contributed by atoms with Crippen LogP contribution in [0.25, 0.3) is 11.6 Å². The van der Waals surface area contributed by atoms with Crippen LogP contribution in [-0.4, -0.2) is 12.7 Å². The molecule has 0 radical (unpaired) electrons. The third-order valence-corrected chi connectivity index (χ3v) is 6.31. The minimum atomic E-state index is -0.277. The van der Waals surface area contributed by atoms with Crippen molar-refractivity contribution in [2.24, 2.45) is 11.7 Å². The fourth-order valence-corrected chi connectivity index (χ4v) is 4.32. The van der Waals surface area contributed by atoms with Crippen LogP contribution >= 0.6 is 0 Å². The molecule has 32 heavy (non-hydrogen) atoms. The van der Waals surface area contributed by atoms with E-state index in [9.17, 15) is 0 Å². The van der Waals surface area contributed by atoms with Gasteiger partial charge in [-0.3, -0.25) is 0 Å². The Morgan fingerprint density at radius 3 is 2.47 bits per heavy atom. The lowest BCUT2D eigenvalue weighted by atomic mass is 9.92. The number of rotatable bonds is 9. The first-order valence-electron chi connectivity index (χ1n) is 11.5. The first-order chi connectivity index (χ1) is 15.6. The molecule has 0 fully saturated rings. The van der Waals surface area contributed by atoms with Crippen LogP contribution < -0.4 is 16.4 Å². The highest BCUT2D eigenvalue weighted by atomic mass is 15.0. The summed E-state index contributed by atoms with van der Waals surface area (Å²) < 4.78 is 0. The molecule has 4 N–H and O–H groups in total. The summed E-state index contributed by atoms with van der Waals surface area (Å²) in [4.78, 5) is 0. The standard InChI is InChI=1S/C29H33N3/c1-3-22(18-23-10-6-4-7-11-23)16-17-31-26-15-14-25-19-27(29(30)32-28(25)20-26)21(2)24-12-8-5-9-13-24/h4-15,19-20,22,29,31-32H,2-3,16-18,30H2,1H3. The molecule has 0 amide bonds. The molecule has 3 aromatic carbocycles. The number of anilines is 2. The van der Waals surface area contributed by atoms with Gasteiger partial charge in [0.25, 0.3) is 0 Å². The van der Waals surface area contributed by atoms with E-state index in [0.29, 0.717) is 5.92 Å². The van der Waals surface area contributed by atoms with Crippen molar-refractivity contribution in [2.75, 3.05) is 17.2 Å². The molecule has 164 valence electrons. The lowest BCUT2D eigenvalue weighted by Gasteiger charge is -2.27. The number of nitrogens with one attached hydrogen (secondary N) is 2. The second-order valence-corrected chi connectivity index (χ2v) is 8.55. The number of nitrogens with two attached hydrogens (primary N) is 1. The quantitative estimate of drug-likeness (QED) is 0.365. The third-order valence-electron chi connectivity index (χ3n) is 6.31. The van der Waals surface area contributed by atoms with Gasteiger partial charge in [0, 0.05) is 17.9 Å². The molecule has 0 aliphatic carbocycles. The highest BCUT2D eigenvalue weighted by Gasteiger charge is 2.20. The zero-order valence-corrected chi connectivity index (χ0v) is 18.9. The summed E-state index contributed by atoms with van der Waals surface area (Å²) in [7, 11) is 0.